The second-order valence-corrected chi connectivity index (χ2v) is 41.7. The van der Waals surface area contributed by atoms with E-state index in [0.29, 0.717) is 0 Å². The molecule has 2 heterocycles. The smallest absolute Gasteiger partial charge is 0.413 e. The van der Waals surface area contributed by atoms with Crippen LogP contribution in [0.1, 0.15) is 225 Å². The van der Waals surface area contributed by atoms with E-state index in [1.165, 1.54) is 19.3 Å². The minimum absolute atomic E-state index is 0.00246. The Morgan fingerprint density at radius 2 is 0.783 bits per heavy atom. The van der Waals surface area contributed by atoms with Crippen molar-refractivity contribution in [3.63, 3.8) is 0 Å². The lowest BCUT2D eigenvalue weighted by Crippen LogP contribution is -2.80. The molecule has 7 saturated carbocycles. The average molecular weight is 960 g/mol. The molecule has 0 aromatic heterocycles. The van der Waals surface area contributed by atoms with Crippen molar-refractivity contribution in [3.8, 4) is 0 Å². The van der Waals surface area contributed by atoms with Crippen LogP contribution in [0, 0.1) is 0 Å². The van der Waals surface area contributed by atoms with Crippen LogP contribution in [0.5, 0.6) is 0 Å². The van der Waals surface area contributed by atoms with Gasteiger partial charge in [-0.25, -0.2) is 0 Å². The largest absolute Gasteiger partial charge is 0.486 e. The molecule has 18 heteroatoms. The van der Waals surface area contributed by atoms with Gasteiger partial charge in [-0.05, 0) is 101 Å². The van der Waals surface area contributed by atoms with Gasteiger partial charge in [-0.15, -0.1) is 0 Å². The van der Waals surface area contributed by atoms with Gasteiger partial charge in [0.1, 0.15) is 0 Å². The summed E-state index contributed by atoms with van der Waals surface area (Å²) in [6.45, 7) is 0. The van der Waals surface area contributed by atoms with E-state index in [9.17, 15) is 14.4 Å². The van der Waals surface area contributed by atoms with Gasteiger partial charge in [0.2, 0.25) is 0 Å². The van der Waals surface area contributed by atoms with Crippen molar-refractivity contribution in [3.05, 3.63) is 0 Å². The molecule has 0 radical (unpaired) electrons. The average Bonchev–Trinajstić information content (AvgIpc) is 3.29. The molecule has 5 unspecified atom stereocenters. The standard InChI is InChI=1S/C42H82O11Si7/c43-54(36-22-8-1-9-23-36)46-58(40-30-16-5-17-31-40)50-57(45,39-28-14-4-15-29-39)51-60(42-34-20-7-21-35-42)49-56(44,38-26-12-3-13-27-38)47-55(37-24-10-2-11-25-37)48-59(52-58,53-60)41-32-18-6-19-33-41/h36-45,54-55H,1-35H2/t54?,55-,56+,57?,58?,59?,60?/m1/s1. The second kappa shape index (κ2) is 20.5. The number of hydrogen-bond donors (Lipinski definition) is 3. The van der Waals surface area contributed by atoms with Gasteiger partial charge in [-0.3, -0.25) is 0 Å². The Bertz CT molecular complexity index is 1350. The normalized spacial score (nSPS) is 42.1. The Labute approximate surface area is 371 Å². The van der Waals surface area contributed by atoms with Crippen LogP contribution in [0.15, 0.2) is 0 Å². The van der Waals surface area contributed by atoms with Crippen molar-refractivity contribution in [2.24, 2.45) is 0 Å². The molecular weight excluding hydrogens is 877 g/mol. The van der Waals surface area contributed by atoms with E-state index in [1.807, 2.05) is 0 Å². The van der Waals surface area contributed by atoms with Gasteiger partial charge >= 0.3 is 62.6 Å². The minimum Gasteiger partial charge on any atom is -0.413 e. The second-order valence-electron chi connectivity index (χ2n) is 21.2. The summed E-state index contributed by atoms with van der Waals surface area (Å²) in [6.07, 6.45) is 35.9. The fraction of sp³-hybridized carbons (Fsp3) is 1.00. The molecule has 0 amide bonds. The molecule has 0 spiro atoms. The van der Waals surface area contributed by atoms with E-state index in [4.69, 9.17) is 32.9 Å². The highest BCUT2D eigenvalue weighted by atomic mass is 28.6. The summed E-state index contributed by atoms with van der Waals surface area (Å²) in [5.74, 6) is 0. The zero-order valence-electron chi connectivity index (χ0n) is 37.1. The van der Waals surface area contributed by atoms with E-state index >= 15 is 0 Å². The van der Waals surface area contributed by atoms with Crippen molar-refractivity contribution >= 4 is 62.6 Å². The van der Waals surface area contributed by atoms with Crippen LogP contribution >= 0.6 is 0 Å². The van der Waals surface area contributed by atoms with Crippen molar-refractivity contribution in [2.75, 3.05) is 0 Å². The summed E-state index contributed by atoms with van der Waals surface area (Å²) < 4.78 is 63.1. The Morgan fingerprint density at radius 3 is 1.30 bits per heavy atom. The molecule has 9 aliphatic rings. The lowest BCUT2D eigenvalue weighted by atomic mass is 10.0. The highest BCUT2D eigenvalue weighted by molar-refractivity contribution is 6.95. The van der Waals surface area contributed by atoms with Gasteiger partial charge in [0.05, 0.1) is 0 Å². The monoisotopic (exact) mass is 958 g/mol. The van der Waals surface area contributed by atoms with Crippen LogP contribution in [0.2, 0.25) is 38.8 Å². The first kappa shape index (κ1) is 46.2. The Hall–Kier alpha value is 1.08. The van der Waals surface area contributed by atoms with E-state index in [1.54, 1.807) is 0 Å². The third-order valence-electron chi connectivity index (χ3n) is 16.9. The van der Waals surface area contributed by atoms with Crippen LogP contribution in [-0.4, -0.2) is 77.0 Å². The lowest BCUT2D eigenvalue weighted by molar-refractivity contribution is 0.0215. The van der Waals surface area contributed by atoms with Crippen molar-refractivity contribution < 1.29 is 47.3 Å². The Kier molecular flexibility index (Phi) is 15.8. The molecule has 0 aromatic carbocycles. The molecule has 9 fully saturated rings. The van der Waals surface area contributed by atoms with Crippen LogP contribution in [0.4, 0.5) is 0 Å². The van der Waals surface area contributed by atoms with Crippen molar-refractivity contribution in [2.45, 2.75) is 264 Å². The molecule has 2 aliphatic heterocycles. The Balaban J connectivity index is 1.25. The van der Waals surface area contributed by atoms with Gasteiger partial charge < -0.3 is 47.3 Å². The maximum atomic E-state index is 13.9. The zero-order valence-corrected chi connectivity index (χ0v) is 44.4. The van der Waals surface area contributed by atoms with Crippen molar-refractivity contribution in [1.82, 2.24) is 0 Å². The van der Waals surface area contributed by atoms with Crippen molar-refractivity contribution in [1.29, 1.82) is 0 Å². The summed E-state index contributed by atoms with van der Waals surface area (Å²) >= 11 is 0. The quantitative estimate of drug-likeness (QED) is 0.191. The SMILES string of the molecule is O[SiH](O[Si]1(C2CCCCC2)O[Si](O)(C2CCCCC2)O[Si]2(C3CCCCC3)O[Si](C3CCCCC3)(O[Si@H](C3CCCCC3)O[Si@@](O)(C3CCCCC3)O2)O1)C1CCCCC1. The summed E-state index contributed by atoms with van der Waals surface area (Å²) in [5.41, 5.74) is -0.114. The number of rotatable bonds is 9. The molecule has 344 valence electrons. The first-order chi connectivity index (χ1) is 29.2. The summed E-state index contributed by atoms with van der Waals surface area (Å²) in [7, 11) is -26.1. The highest BCUT2D eigenvalue weighted by Gasteiger charge is 2.77. The molecule has 11 nitrogen and oxygen atoms in total. The molecule has 9 rings (SSSR count). The van der Waals surface area contributed by atoms with Crippen LogP contribution in [-0.2, 0) is 32.9 Å². The maximum absolute atomic E-state index is 13.9. The molecule has 2 saturated heterocycles. The molecular formula is C42H82O11Si7. The Morgan fingerprint density at radius 1 is 0.383 bits per heavy atom. The molecule has 7 atom stereocenters. The maximum Gasteiger partial charge on any atom is 0.486 e. The van der Waals surface area contributed by atoms with E-state index in [-0.39, 0.29) is 38.8 Å². The first-order valence-corrected chi connectivity index (χ1v) is 38.2. The summed E-state index contributed by atoms with van der Waals surface area (Å²) in [4.78, 5) is 40.1. The third kappa shape index (κ3) is 10.2. The zero-order chi connectivity index (χ0) is 41.1. The minimum atomic E-state index is -4.30. The van der Waals surface area contributed by atoms with Gasteiger partial charge in [-0.1, -0.05) is 135 Å². The fourth-order valence-corrected chi connectivity index (χ4v) is 51.3. The molecule has 7 aliphatic carbocycles. The van der Waals surface area contributed by atoms with Gasteiger partial charge in [0.25, 0.3) is 0 Å². The predicted octanol–water partition coefficient (Wildman–Crippen LogP) is 10.6. The number of hydrogen-bond acceptors (Lipinski definition) is 11. The molecule has 0 aromatic rings. The lowest BCUT2D eigenvalue weighted by Gasteiger charge is -2.59. The predicted molar refractivity (Wildman–Crippen MR) is 246 cm³/mol. The fourth-order valence-electron chi connectivity index (χ4n) is 13.3. The first-order valence-electron chi connectivity index (χ1n) is 25.9. The summed E-state index contributed by atoms with van der Waals surface area (Å²) in [5, 5.41) is 0. The van der Waals surface area contributed by atoms with Gasteiger partial charge in [0.15, 0.2) is 0 Å². The van der Waals surface area contributed by atoms with Crippen LogP contribution < -0.4 is 0 Å². The van der Waals surface area contributed by atoms with E-state index < -0.39 is 62.6 Å². The molecule has 3 N–H and O–H groups in total. The number of fused-ring (bicyclic) bond motifs is 2. The van der Waals surface area contributed by atoms with Crippen LogP contribution in [0.3, 0.4) is 0 Å². The molecule has 60 heavy (non-hydrogen) atoms. The van der Waals surface area contributed by atoms with Gasteiger partial charge in [-0.2, -0.15) is 0 Å². The van der Waals surface area contributed by atoms with E-state index in [2.05, 4.69) is 0 Å². The highest BCUT2D eigenvalue weighted by Crippen LogP contribution is 2.57. The third-order valence-corrected chi connectivity index (χ3v) is 46.1. The molecule has 2 bridgehead atoms. The topological polar surface area (TPSA) is 135 Å². The summed E-state index contributed by atoms with van der Waals surface area (Å²) in [6, 6.07) is 0. The van der Waals surface area contributed by atoms with Gasteiger partial charge in [0, 0.05) is 27.7 Å². The van der Waals surface area contributed by atoms with Crippen LogP contribution in [0.25, 0.3) is 0 Å². The van der Waals surface area contributed by atoms with E-state index in [0.717, 1.165) is 205 Å².